The van der Waals surface area contributed by atoms with Crippen LogP contribution >= 0.6 is 0 Å². The highest BCUT2D eigenvalue weighted by Gasteiger charge is 2.06. The van der Waals surface area contributed by atoms with Crippen molar-refractivity contribution in [2.75, 3.05) is 5.32 Å². The van der Waals surface area contributed by atoms with Gasteiger partial charge in [0.25, 0.3) is 0 Å². The molecule has 96 valence electrons. The lowest BCUT2D eigenvalue weighted by molar-refractivity contribution is 1.03. The summed E-state index contributed by atoms with van der Waals surface area (Å²) in [6.45, 7) is 4.66. The first kappa shape index (κ1) is 11.6. The molecule has 0 saturated carbocycles. The van der Waals surface area contributed by atoms with Crippen molar-refractivity contribution >= 4 is 16.9 Å². The second kappa shape index (κ2) is 4.68. The summed E-state index contributed by atoms with van der Waals surface area (Å²) in [4.78, 5) is 9.15. The largest absolute Gasteiger partial charge is 0.364 e. The number of para-hydroxylation sites is 2. The first-order chi connectivity index (χ1) is 9.24. The molecule has 0 amide bonds. The zero-order chi connectivity index (χ0) is 13.2. The molecule has 0 radical (unpaired) electrons. The first-order valence-corrected chi connectivity index (χ1v) is 6.20. The molecular weight excluding hydrogens is 238 g/mol. The van der Waals surface area contributed by atoms with Crippen LogP contribution in [0.15, 0.2) is 30.5 Å². The number of rotatable bonds is 3. The van der Waals surface area contributed by atoms with Gasteiger partial charge >= 0.3 is 0 Å². The zero-order valence-electron chi connectivity index (χ0n) is 10.9. The van der Waals surface area contributed by atoms with E-state index in [-0.39, 0.29) is 0 Å². The number of benzene rings is 1. The molecule has 0 atom stereocenters. The van der Waals surface area contributed by atoms with Crippen molar-refractivity contribution < 1.29 is 0 Å². The fraction of sp³-hybridized carbons (Fsp3) is 0.214. The van der Waals surface area contributed by atoms with Gasteiger partial charge in [0.05, 0.1) is 22.9 Å². The van der Waals surface area contributed by atoms with Crippen LogP contribution in [0.25, 0.3) is 11.0 Å². The van der Waals surface area contributed by atoms with Crippen LogP contribution < -0.4 is 5.32 Å². The summed E-state index contributed by atoms with van der Waals surface area (Å²) in [5.41, 5.74) is 4.93. The van der Waals surface area contributed by atoms with Crippen LogP contribution in [-0.4, -0.2) is 20.2 Å². The minimum absolute atomic E-state index is 0.691. The number of hydrogen-bond donors (Lipinski definition) is 2. The fourth-order valence-electron chi connectivity index (χ4n) is 1.99. The van der Waals surface area contributed by atoms with E-state index >= 15 is 0 Å². The summed E-state index contributed by atoms with van der Waals surface area (Å²) < 4.78 is 0. The van der Waals surface area contributed by atoms with Gasteiger partial charge in [0, 0.05) is 17.8 Å². The topological polar surface area (TPSA) is 66.5 Å². The van der Waals surface area contributed by atoms with Crippen LogP contribution in [0.2, 0.25) is 0 Å². The van der Waals surface area contributed by atoms with Gasteiger partial charge in [0.1, 0.15) is 5.82 Å². The standard InChI is InChI=1S/C14H15N5/c1-9-11(8-16-19-9)7-15-14-10(2)17-12-5-3-4-6-13(12)18-14/h3-6,8H,7H2,1-2H3,(H,15,18)(H,16,19). The fourth-order valence-corrected chi connectivity index (χ4v) is 1.99. The summed E-state index contributed by atoms with van der Waals surface area (Å²) in [5, 5.41) is 10.2. The summed E-state index contributed by atoms with van der Waals surface area (Å²) in [6.07, 6.45) is 1.83. The highest BCUT2D eigenvalue weighted by atomic mass is 15.1. The highest BCUT2D eigenvalue weighted by molar-refractivity contribution is 5.76. The van der Waals surface area contributed by atoms with Gasteiger partial charge in [-0.15, -0.1) is 0 Å². The van der Waals surface area contributed by atoms with Crippen LogP contribution in [0.1, 0.15) is 17.0 Å². The normalized spacial score (nSPS) is 10.8. The summed E-state index contributed by atoms with van der Waals surface area (Å²) >= 11 is 0. The maximum Gasteiger partial charge on any atom is 0.148 e. The zero-order valence-corrected chi connectivity index (χ0v) is 10.9. The smallest absolute Gasteiger partial charge is 0.148 e. The van der Waals surface area contributed by atoms with Gasteiger partial charge in [0.2, 0.25) is 0 Å². The molecule has 2 N–H and O–H groups in total. The van der Waals surface area contributed by atoms with E-state index in [1.54, 1.807) is 0 Å². The van der Waals surface area contributed by atoms with Crippen LogP contribution in [0.5, 0.6) is 0 Å². The van der Waals surface area contributed by atoms with E-state index in [9.17, 15) is 0 Å². The molecule has 3 rings (SSSR count). The van der Waals surface area contributed by atoms with Gasteiger partial charge < -0.3 is 5.32 Å². The number of hydrogen-bond acceptors (Lipinski definition) is 4. The van der Waals surface area contributed by atoms with Crippen molar-refractivity contribution in [1.29, 1.82) is 0 Å². The van der Waals surface area contributed by atoms with Crippen molar-refractivity contribution in [1.82, 2.24) is 20.2 Å². The van der Waals surface area contributed by atoms with Crippen molar-refractivity contribution in [2.24, 2.45) is 0 Å². The number of anilines is 1. The van der Waals surface area contributed by atoms with Gasteiger partial charge in [-0.25, -0.2) is 9.97 Å². The molecule has 0 spiro atoms. The molecule has 0 fully saturated rings. The molecule has 2 heterocycles. The molecule has 2 aromatic heterocycles. The number of nitrogens with zero attached hydrogens (tertiary/aromatic N) is 3. The Bertz CT molecular complexity index is 717. The number of aromatic nitrogens is 4. The average molecular weight is 253 g/mol. The van der Waals surface area contributed by atoms with Gasteiger partial charge in [0.15, 0.2) is 0 Å². The number of nitrogens with one attached hydrogen (secondary N) is 2. The summed E-state index contributed by atoms with van der Waals surface area (Å²) in [5.74, 6) is 0.819. The van der Waals surface area contributed by atoms with E-state index < -0.39 is 0 Å². The van der Waals surface area contributed by atoms with Crippen LogP contribution in [0, 0.1) is 13.8 Å². The van der Waals surface area contributed by atoms with E-state index in [0.29, 0.717) is 6.54 Å². The number of fused-ring (bicyclic) bond motifs is 1. The number of aryl methyl sites for hydroxylation is 2. The molecule has 1 aromatic carbocycles. The molecule has 5 nitrogen and oxygen atoms in total. The molecule has 19 heavy (non-hydrogen) atoms. The molecular formula is C14H15N5. The van der Waals surface area contributed by atoms with Gasteiger partial charge in [-0.3, -0.25) is 5.10 Å². The molecule has 0 aliphatic rings. The third-order valence-electron chi connectivity index (χ3n) is 3.13. The second-order valence-corrected chi connectivity index (χ2v) is 4.52. The van der Waals surface area contributed by atoms with Gasteiger partial charge in [-0.1, -0.05) is 12.1 Å². The average Bonchev–Trinajstić information content (AvgIpc) is 2.82. The van der Waals surface area contributed by atoms with Crippen LogP contribution in [0.4, 0.5) is 5.82 Å². The Kier molecular flexibility index (Phi) is 2.87. The summed E-state index contributed by atoms with van der Waals surface area (Å²) in [7, 11) is 0. The lowest BCUT2D eigenvalue weighted by atomic mass is 10.2. The maximum atomic E-state index is 4.60. The number of H-pyrrole nitrogens is 1. The minimum Gasteiger partial charge on any atom is -0.364 e. The predicted octanol–water partition coefficient (Wildman–Crippen LogP) is 2.58. The molecule has 0 aliphatic carbocycles. The van der Waals surface area contributed by atoms with E-state index in [1.165, 1.54) is 0 Å². The molecule has 0 bridgehead atoms. The Morgan fingerprint density at radius 1 is 1.11 bits per heavy atom. The molecule has 5 heteroatoms. The Balaban J connectivity index is 1.88. The van der Waals surface area contributed by atoms with Gasteiger partial charge in [-0.2, -0.15) is 5.10 Å². The second-order valence-electron chi connectivity index (χ2n) is 4.52. The Hall–Kier alpha value is -2.43. The SMILES string of the molecule is Cc1nc2ccccc2nc1NCc1cn[nH]c1C. The van der Waals surface area contributed by atoms with E-state index in [0.717, 1.165) is 33.8 Å². The van der Waals surface area contributed by atoms with Crippen molar-refractivity contribution in [3.05, 3.63) is 47.4 Å². The lowest BCUT2D eigenvalue weighted by Gasteiger charge is -2.08. The molecule has 0 aliphatic heterocycles. The van der Waals surface area contributed by atoms with E-state index in [4.69, 9.17) is 0 Å². The summed E-state index contributed by atoms with van der Waals surface area (Å²) in [6, 6.07) is 7.88. The van der Waals surface area contributed by atoms with Gasteiger partial charge in [-0.05, 0) is 26.0 Å². The van der Waals surface area contributed by atoms with Crippen molar-refractivity contribution in [2.45, 2.75) is 20.4 Å². The minimum atomic E-state index is 0.691. The molecule has 0 saturated heterocycles. The third kappa shape index (κ3) is 2.27. The highest BCUT2D eigenvalue weighted by Crippen LogP contribution is 2.16. The maximum absolute atomic E-state index is 4.60. The lowest BCUT2D eigenvalue weighted by Crippen LogP contribution is -2.05. The molecule has 3 aromatic rings. The monoisotopic (exact) mass is 253 g/mol. The predicted molar refractivity (Wildman–Crippen MR) is 74.9 cm³/mol. The Labute approximate surface area is 111 Å². The Morgan fingerprint density at radius 3 is 2.53 bits per heavy atom. The number of aromatic amines is 1. The van der Waals surface area contributed by atoms with Crippen molar-refractivity contribution in [3.63, 3.8) is 0 Å². The Morgan fingerprint density at radius 2 is 1.84 bits per heavy atom. The quantitative estimate of drug-likeness (QED) is 0.753. The molecule has 0 unspecified atom stereocenters. The van der Waals surface area contributed by atoms with E-state index in [1.807, 2.05) is 44.3 Å². The first-order valence-electron chi connectivity index (χ1n) is 6.20. The third-order valence-corrected chi connectivity index (χ3v) is 3.13. The van der Waals surface area contributed by atoms with Crippen LogP contribution in [0.3, 0.4) is 0 Å². The van der Waals surface area contributed by atoms with Crippen molar-refractivity contribution in [3.8, 4) is 0 Å². The van der Waals surface area contributed by atoms with E-state index in [2.05, 4.69) is 25.5 Å². The van der Waals surface area contributed by atoms with Crippen LogP contribution in [-0.2, 0) is 6.54 Å².